The molecular weight excluding hydrogens is 728 g/mol. The van der Waals surface area contributed by atoms with E-state index in [1.807, 2.05) is 0 Å². The fraction of sp³-hybridized carbons (Fsp3) is 0.474. The van der Waals surface area contributed by atoms with Gasteiger partial charge in [-0.3, -0.25) is 38.4 Å². The summed E-state index contributed by atoms with van der Waals surface area (Å²) in [7, 11) is 0. The van der Waals surface area contributed by atoms with Crippen LogP contribution in [0.25, 0.3) is 0 Å². The largest absolute Gasteiger partial charge is 0.508 e. The summed E-state index contributed by atoms with van der Waals surface area (Å²) in [5.74, 6) is -8.88. The molecule has 7 amide bonds. The maximum atomic E-state index is 13.9. The molecule has 0 aliphatic heterocycles. The molecule has 0 aliphatic carbocycles. The zero-order chi connectivity index (χ0) is 42.3. The van der Waals surface area contributed by atoms with Gasteiger partial charge >= 0.3 is 5.97 Å². The summed E-state index contributed by atoms with van der Waals surface area (Å²) in [5.41, 5.74) is 12.4. The highest BCUT2D eigenvalue weighted by Crippen LogP contribution is 2.20. The number of phenols is 1. The molecule has 0 fully saturated rings. The minimum absolute atomic E-state index is 0.0421. The predicted octanol–water partition coefficient (Wildman–Crippen LogP) is -1.10. The highest BCUT2D eigenvalue weighted by Gasteiger charge is 2.36. The van der Waals surface area contributed by atoms with Crippen molar-refractivity contribution in [1.82, 2.24) is 31.9 Å². The Balaban J connectivity index is 2.29. The molecule has 0 bridgehead atoms. The van der Waals surface area contributed by atoms with E-state index >= 15 is 0 Å². The predicted molar refractivity (Wildman–Crippen MR) is 204 cm³/mol. The monoisotopic (exact) mass is 782 g/mol. The van der Waals surface area contributed by atoms with Crippen LogP contribution in [0, 0.1) is 11.8 Å². The molecule has 0 saturated carbocycles. The molecule has 306 valence electrons. The summed E-state index contributed by atoms with van der Waals surface area (Å²) in [6, 6.07) is 6.87. The van der Waals surface area contributed by atoms with Crippen molar-refractivity contribution in [3.63, 3.8) is 0 Å². The van der Waals surface area contributed by atoms with Crippen molar-refractivity contribution in [3.05, 3.63) is 65.7 Å². The maximum Gasteiger partial charge on any atom is 0.305 e. The lowest BCUT2D eigenvalue weighted by Gasteiger charge is -2.30. The van der Waals surface area contributed by atoms with Gasteiger partial charge in [-0.2, -0.15) is 0 Å². The number of carboxylic acid groups (broad SMARTS) is 1. The molecule has 0 aliphatic rings. The van der Waals surface area contributed by atoms with Crippen molar-refractivity contribution in [2.75, 3.05) is 6.54 Å². The number of amides is 7. The van der Waals surface area contributed by atoms with Crippen molar-refractivity contribution in [2.45, 2.75) is 96.6 Å². The average Bonchev–Trinajstić information content (AvgIpc) is 3.13. The first kappa shape index (κ1) is 46.1. The fourth-order valence-electron chi connectivity index (χ4n) is 5.51. The minimum atomic E-state index is -1.73. The van der Waals surface area contributed by atoms with Gasteiger partial charge in [0.15, 0.2) is 0 Å². The van der Waals surface area contributed by atoms with Crippen LogP contribution in [0.2, 0.25) is 0 Å². The molecule has 2 aromatic rings. The molecular formula is C38H54N8O10. The second kappa shape index (κ2) is 21.7. The van der Waals surface area contributed by atoms with E-state index in [9.17, 15) is 48.6 Å². The van der Waals surface area contributed by atoms with Crippen LogP contribution < -0.4 is 43.4 Å². The van der Waals surface area contributed by atoms with E-state index in [0.717, 1.165) is 0 Å². The molecule has 18 heteroatoms. The van der Waals surface area contributed by atoms with E-state index in [0.29, 0.717) is 11.1 Å². The molecule has 0 aromatic heterocycles. The third-order valence-electron chi connectivity index (χ3n) is 8.83. The van der Waals surface area contributed by atoms with Crippen LogP contribution >= 0.6 is 0 Å². The molecule has 56 heavy (non-hydrogen) atoms. The van der Waals surface area contributed by atoms with Gasteiger partial charge in [-0.05, 0) is 48.4 Å². The van der Waals surface area contributed by atoms with Crippen LogP contribution in [0.3, 0.4) is 0 Å². The van der Waals surface area contributed by atoms with E-state index in [1.165, 1.54) is 19.1 Å². The molecule has 2 rings (SSSR count). The molecule has 0 spiro atoms. The Hall–Kier alpha value is -6.04. The zero-order valence-electron chi connectivity index (χ0n) is 32.3. The van der Waals surface area contributed by atoms with E-state index in [1.54, 1.807) is 77.1 Å². The molecule has 0 radical (unpaired) electrons. The summed E-state index contributed by atoms with van der Waals surface area (Å²) in [6.07, 6.45) is -0.798. The van der Waals surface area contributed by atoms with Crippen LogP contribution in [0.1, 0.15) is 65.0 Å². The molecule has 0 heterocycles. The third kappa shape index (κ3) is 14.7. The Labute approximate surface area is 325 Å². The van der Waals surface area contributed by atoms with Crippen LogP contribution in [0.4, 0.5) is 0 Å². The van der Waals surface area contributed by atoms with E-state index in [-0.39, 0.29) is 12.2 Å². The number of hydrogen-bond acceptors (Lipinski definition) is 10. The lowest BCUT2D eigenvalue weighted by atomic mass is 9.92. The summed E-state index contributed by atoms with van der Waals surface area (Å²) in [5, 5.41) is 34.1. The number of nitrogens with one attached hydrogen (secondary N) is 6. The number of hydrogen-bond donors (Lipinski definition) is 10. The molecule has 7 atom stereocenters. The Bertz CT molecular complexity index is 1700. The van der Waals surface area contributed by atoms with Gasteiger partial charge in [0, 0.05) is 5.92 Å². The second-order valence-corrected chi connectivity index (χ2v) is 14.2. The molecule has 0 saturated heterocycles. The van der Waals surface area contributed by atoms with Crippen molar-refractivity contribution in [2.24, 2.45) is 23.3 Å². The number of primary amides is 1. The number of aromatic hydroxyl groups is 1. The van der Waals surface area contributed by atoms with Gasteiger partial charge in [0.1, 0.15) is 36.0 Å². The highest BCUT2D eigenvalue weighted by atomic mass is 16.4. The fourth-order valence-corrected chi connectivity index (χ4v) is 5.51. The summed E-state index contributed by atoms with van der Waals surface area (Å²) in [6.45, 7) is 9.03. The zero-order valence-corrected chi connectivity index (χ0v) is 32.3. The molecule has 2 aromatic carbocycles. The van der Waals surface area contributed by atoms with Gasteiger partial charge in [-0.25, -0.2) is 0 Å². The second-order valence-electron chi connectivity index (χ2n) is 14.2. The Morgan fingerprint density at radius 2 is 1.14 bits per heavy atom. The maximum absolute atomic E-state index is 13.9. The normalized spacial score (nSPS) is 14.8. The Morgan fingerprint density at radius 3 is 1.68 bits per heavy atom. The first-order chi connectivity index (χ1) is 26.2. The van der Waals surface area contributed by atoms with Crippen molar-refractivity contribution < 1.29 is 48.6 Å². The van der Waals surface area contributed by atoms with Crippen LogP contribution in [-0.2, 0) is 44.8 Å². The number of aliphatic carboxylic acids is 1. The Kier molecular flexibility index (Phi) is 17.9. The number of carboxylic acids is 1. The number of rotatable bonds is 21. The number of phenolic OH excluding ortho intramolecular Hbond substituents is 1. The van der Waals surface area contributed by atoms with Gasteiger partial charge in [0.2, 0.25) is 41.4 Å². The van der Waals surface area contributed by atoms with E-state index in [4.69, 9.17) is 11.5 Å². The Morgan fingerprint density at radius 1 is 0.625 bits per heavy atom. The van der Waals surface area contributed by atoms with Gasteiger partial charge in [-0.15, -0.1) is 0 Å². The molecule has 18 nitrogen and oxygen atoms in total. The van der Waals surface area contributed by atoms with Gasteiger partial charge in [0.25, 0.3) is 0 Å². The van der Waals surface area contributed by atoms with Crippen molar-refractivity contribution in [3.8, 4) is 5.75 Å². The summed E-state index contributed by atoms with van der Waals surface area (Å²) >= 11 is 0. The molecule has 12 N–H and O–H groups in total. The minimum Gasteiger partial charge on any atom is -0.508 e. The van der Waals surface area contributed by atoms with E-state index in [2.05, 4.69) is 31.9 Å². The SMILES string of the molecule is CC(C)[C@H](NC(=O)[C@H](CC(=O)O)NC(=O)[C@H](NC(=O)[C@@H](C)NC(=O)[C@@H](N)Cc1ccc(O)cc1)[C@@H](C)c1ccccc1)C(=O)N[C@H](C(=O)NCC(N)=O)C(C)C. The average molecular weight is 783 g/mol. The topological polar surface area (TPSA) is 301 Å². The van der Waals surface area contributed by atoms with Crippen molar-refractivity contribution in [1.29, 1.82) is 0 Å². The van der Waals surface area contributed by atoms with Gasteiger partial charge < -0.3 is 53.6 Å². The third-order valence-corrected chi connectivity index (χ3v) is 8.83. The first-order valence-corrected chi connectivity index (χ1v) is 18.1. The smallest absolute Gasteiger partial charge is 0.305 e. The van der Waals surface area contributed by atoms with Crippen LogP contribution in [-0.4, -0.2) is 100 Å². The quantitative estimate of drug-likeness (QED) is 0.0725. The molecule has 0 unspecified atom stereocenters. The van der Waals surface area contributed by atoms with Crippen molar-refractivity contribution >= 4 is 47.3 Å². The number of benzene rings is 2. The lowest BCUT2D eigenvalue weighted by molar-refractivity contribution is -0.142. The van der Waals surface area contributed by atoms with Crippen LogP contribution in [0.15, 0.2) is 54.6 Å². The van der Waals surface area contributed by atoms with Gasteiger partial charge in [-0.1, -0.05) is 77.1 Å². The number of carbonyl (C=O) groups is 8. The standard InChI is InChI=1S/C38H54N8O10/c1-19(2)30(36(54)41-18-28(40)48)45-37(55)31(20(3)4)44-35(53)27(17-29(49)50)43-38(56)32(21(5)24-10-8-7-9-11-24)46-33(51)22(6)42-34(52)26(39)16-23-12-14-25(47)15-13-23/h7-15,19-22,26-27,30-32,47H,16-18,39H2,1-6H3,(H2,40,48)(H,41,54)(H,42,52)(H,43,56)(H,44,53)(H,45,55)(H,46,51)(H,49,50)/t21-,22+,26-,27-,30-,31-,32+/m0/s1. The first-order valence-electron chi connectivity index (χ1n) is 18.1. The van der Waals surface area contributed by atoms with Gasteiger partial charge in [0.05, 0.1) is 19.0 Å². The summed E-state index contributed by atoms with van der Waals surface area (Å²) < 4.78 is 0. The number of carbonyl (C=O) groups excluding carboxylic acids is 7. The summed E-state index contributed by atoms with van der Waals surface area (Å²) in [4.78, 5) is 103. The highest BCUT2D eigenvalue weighted by molar-refractivity contribution is 5.98. The van der Waals surface area contributed by atoms with E-state index < -0.39 is 114 Å². The number of nitrogens with two attached hydrogens (primary N) is 2. The van der Waals surface area contributed by atoms with Crippen LogP contribution in [0.5, 0.6) is 5.75 Å². The lowest BCUT2D eigenvalue weighted by Crippen LogP contribution is -2.61.